The molecule has 0 aromatic heterocycles. The Bertz CT molecular complexity index is 626. The third kappa shape index (κ3) is 2.97. The van der Waals surface area contributed by atoms with E-state index < -0.39 is 6.43 Å². The van der Waals surface area contributed by atoms with Crippen molar-refractivity contribution < 1.29 is 8.78 Å². The molecule has 0 nitrogen and oxygen atoms in total. The van der Waals surface area contributed by atoms with Gasteiger partial charge in [-0.05, 0) is 18.2 Å². The van der Waals surface area contributed by atoms with Crippen LogP contribution in [0.5, 0.6) is 0 Å². The molecular weight excluding hydrogens is 336 g/mol. The topological polar surface area (TPSA) is 0 Å². The van der Waals surface area contributed by atoms with Crippen molar-refractivity contribution in [3.8, 4) is 11.1 Å². The Morgan fingerprint density at radius 1 is 0.737 bits per heavy atom. The Balaban J connectivity index is 2.65. The number of alkyl halides is 2. The first kappa shape index (κ1) is 14.9. The maximum atomic E-state index is 12.7. The Morgan fingerprint density at radius 3 is 2.00 bits per heavy atom. The number of halogens is 6. The van der Waals surface area contributed by atoms with Gasteiger partial charge in [0, 0.05) is 21.7 Å². The van der Waals surface area contributed by atoms with Crippen LogP contribution in [-0.4, -0.2) is 0 Å². The summed E-state index contributed by atoms with van der Waals surface area (Å²) in [6.07, 6.45) is -2.59. The summed E-state index contributed by atoms with van der Waals surface area (Å²) < 4.78 is 25.4. The van der Waals surface area contributed by atoms with Gasteiger partial charge >= 0.3 is 0 Å². The standard InChI is InChI=1S/C13H6Cl4F2/c14-9-3-1-6(13(18)19)5-8(9)7-2-4-10(15)12(17)11(7)16/h1-5,13H. The fourth-order valence-electron chi connectivity index (χ4n) is 1.62. The highest BCUT2D eigenvalue weighted by Crippen LogP contribution is 2.41. The van der Waals surface area contributed by atoms with Crippen LogP contribution in [0, 0.1) is 0 Å². The molecule has 0 aliphatic rings. The number of hydrogen-bond donors (Lipinski definition) is 0. The van der Waals surface area contributed by atoms with Gasteiger partial charge in [-0.1, -0.05) is 58.5 Å². The van der Waals surface area contributed by atoms with Gasteiger partial charge in [-0.25, -0.2) is 8.78 Å². The van der Waals surface area contributed by atoms with Gasteiger partial charge in [0.2, 0.25) is 0 Å². The molecule has 0 saturated carbocycles. The highest BCUT2D eigenvalue weighted by Gasteiger charge is 2.15. The van der Waals surface area contributed by atoms with Gasteiger partial charge in [0.15, 0.2) is 0 Å². The monoisotopic (exact) mass is 340 g/mol. The zero-order chi connectivity index (χ0) is 14.2. The molecule has 0 bridgehead atoms. The Hall–Kier alpha value is -0.540. The van der Waals surface area contributed by atoms with Gasteiger partial charge in [0.25, 0.3) is 6.43 Å². The number of hydrogen-bond acceptors (Lipinski definition) is 0. The summed E-state index contributed by atoms with van der Waals surface area (Å²) in [5.74, 6) is 0. The summed E-state index contributed by atoms with van der Waals surface area (Å²) in [6.45, 7) is 0. The molecule has 0 heterocycles. The molecule has 0 aliphatic heterocycles. The van der Waals surface area contributed by atoms with Gasteiger partial charge in [0.05, 0.1) is 15.1 Å². The molecule has 2 aromatic rings. The lowest BCUT2D eigenvalue weighted by molar-refractivity contribution is 0.151. The summed E-state index contributed by atoms with van der Waals surface area (Å²) in [6, 6.07) is 7.08. The van der Waals surface area contributed by atoms with Crippen molar-refractivity contribution in [1.82, 2.24) is 0 Å². The molecule has 2 aromatic carbocycles. The molecule has 2 rings (SSSR count). The van der Waals surface area contributed by atoms with E-state index in [1.54, 1.807) is 6.07 Å². The van der Waals surface area contributed by atoms with Crippen molar-refractivity contribution in [3.63, 3.8) is 0 Å². The molecule has 0 spiro atoms. The van der Waals surface area contributed by atoms with Crippen LogP contribution in [0.25, 0.3) is 11.1 Å². The van der Waals surface area contributed by atoms with Crippen LogP contribution in [-0.2, 0) is 0 Å². The van der Waals surface area contributed by atoms with E-state index in [0.717, 1.165) is 0 Å². The molecule has 0 N–H and O–H groups in total. The molecular formula is C13H6Cl4F2. The quantitative estimate of drug-likeness (QED) is 0.521. The molecule has 0 unspecified atom stereocenters. The zero-order valence-electron chi connectivity index (χ0n) is 9.23. The summed E-state index contributed by atoms with van der Waals surface area (Å²) in [5, 5.41) is 0.947. The van der Waals surface area contributed by atoms with Crippen LogP contribution in [0.1, 0.15) is 12.0 Å². The first-order valence-electron chi connectivity index (χ1n) is 5.13. The highest BCUT2D eigenvalue weighted by atomic mass is 35.5. The van der Waals surface area contributed by atoms with Crippen LogP contribution in [0.2, 0.25) is 20.1 Å². The second kappa shape index (κ2) is 5.84. The molecule has 0 saturated heterocycles. The fourth-order valence-corrected chi connectivity index (χ4v) is 2.48. The smallest absolute Gasteiger partial charge is 0.205 e. The van der Waals surface area contributed by atoms with Crippen LogP contribution in [0.3, 0.4) is 0 Å². The van der Waals surface area contributed by atoms with Crippen molar-refractivity contribution in [3.05, 3.63) is 56.0 Å². The van der Waals surface area contributed by atoms with E-state index in [0.29, 0.717) is 16.1 Å². The number of rotatable bonds is 2. The zero-order valence-corrected chi connectivity index (χ0v) is 12.3. The molecule has 0 fully saturated rings. The third-order valence-corrected chi connectivity index (χ3v) is 4.19. The lowest BCUT2D eigenvalue weighted by Gasteiger charge is -2.11. The minimum absolute atomic E-state index is 0.137. The highest BCUT2D eigenvalue weighted by molar-refractivity contribution is 6.49. The predicted molar refractivity (Wildman–Crippen MR) is 76.9 cm³/mol. The van der Waals surface area contributed by atoms with Crippen molar-refractivity contribution in [2.45, 2.75) is 6.43 Å². The molecule has 0 amide bonds. The number of benzene rings is 2. The molecule has 0 atom stereocenters. The van der Waals surface area contributed by atoms with Gasteiger partial charge < -0.3 is 0 Å². The van der Waals surface area contributed by atoms with E-state index in [2.05, 4.69) is 0 Å². The second-order valence-corrected chi connectivity index (χ2v) is 5.33. The van der Waals surface area contributed by atoms with Crippen LogP contribution < -0.4 is 0 Å². The van der Waals surface area contributed by atoms with Crippen LogP contribution in [0.4, 0.5) is 8.78 Å². The van der Waals surface area contributed by atoms with Gasteiger partial charge in [-0.2, -0.15) is 0 Å². The summed E-state index contributed by atoms with van der Waals surface area (Å²) in [7, 11) is 0. The summed E-state index contributed by atoms with van der Waals surface area (Å²) >= 11 is 23.9. The van der Waals surface area contributed by atoms with Crippen LogP contribution >= 0.6 is 46.4 Å². The third-order valence-electron chi connectivity index (χ3n) is 2.57. The van der Waals surface area contributed by atoms with Crippen LogP contribution in [0.15, 0.2) is 30.3 Å². The van der Waals surface area contributed by atoms with E-state index in [9.17, 15) is 8.78 Å². The Kier molecular flexibility index (Phi) is 4.57. The molecule has 100 valence electrons. The first-order valence-corrected chi connectivity index (χ1v) is 6.64. The Morgan fingerprint density at radius 2 is 1.37 bits per heavy atom. The first-order chi connectivity index (χ1) is 8.91. The molecule has 19 heavy (non-hydrogen) atoms. The van der Waals surface area contributed by atoms with E-state index in [1.807, 2.05) is 0 Å². The maximum absolute atomic E-state index is 12.7. The average molecular weight is 342 g/mol. The average Bonchev–Trinajstić information content (AvgIpc) is 2.37. The lowest BCUT2D eigenvalue weighted by atomic mass is 10.0. The predicted octanol–water partition coefficient (Wildman–Crippen LogP) is 6.90. The second-order valence-electron chi connectivity index (χ2n) is 3.76. The summed E-state index contributed by atoms with van der Waals surface area (Å²) in [4.78, 5) is 0. The van der Waals surface area contributed by atoms with E-state index in [4.69, 9.17) is 46.4 Å². The van der Waals surface area contributed by atoms with Crippen molar-refractivity contribution in [1.29, 1.82) is 0 Å². The maximum Gasteiger partial charge on any atom is 0.263 e. The largest absolute Gasteiger partial charge is 0.263 e. The molecule has 0 aliphatic carbocycles. The van der Waals surface area contributed by atoms with Crippen molar-refractivity contribution in [2.24, 2.45) is 0 Å². The normalized spacial score (nSPS) is 11.1. The molecule has 0 radical (unpaired) electrons. The SMILES string of the molecule is FC(F)c1ccc(Cl)c(-c2ccc(Cl)c(Cl)c2Cl)c1. The van der Waals surface area contributed by atoms with E-state index >= 15 is 0 Å². The van der Waals surface area contributed by atoms with Crippen molar-refractivity contribution in [2.75, 3.05) is 0 Å². The van der Waals surface area contributed by atoms with Gasteiger partial charge in [0.1, 0.15) is 0 Å². The fraction of sp³-hybridized carbons (Fsp3) is 0.0769. The van der Waals surface area contributed by atoms with E-state index in [1.165, 1.54) is 24.3 Å². The van der Waals surface area contributed by atoms with Gasteiger partial charge in [-0.15, -0.1) is 0 Å². The summed E-state index contributed by atoms with van der Waals surface area (Å²) in [5.41, 5.74) is 0.716. The molecule has 6 heteroatoms. The van der Waals surface area contributed by atoms with E-state index in [-0.39, 0.29) is 20.6 Å². The Labute approximate surface area is 128 Å². The minimum atomic E-state index is -2.59. The minimum Gasteiger partial charge on any atom is -0.205 e. The van der Waals surface area contributed by atoms with Gasteiger partial charge in [-0.3, -0.25) is 0 Å². The lowest BCUT2D eigenvalue weighted by Crippen LogP contribution is -1.88. The van der Waals surface area contributed by atoms with Crippen molar-refractivity contribution >= 4 is 46.4 Å².